The first-order valence-electron chi connectivity index (χ1n) is 3.48. The molecule has 5 heteroatoms. The molecule has 1 aliphatic carbocycles. The van der Waals surface area contributed by atoms with Crippen LogP contribution in [0, 0.1) is 0 Å². The normalized spacial score (nSPS) is 21.8. The highest BCUT2D eigenvalue weighted by atomic mass is 35.6. The average Bonchev–Trinajstić information content (AvgIpc) is 2.62. The molecule has 0 radical (unpaired) electrons. The van der Waals surface area contributed by atoms with Crippen molar-refractivity contribution in [2.24, 2.45) is 0 Å². The van der Waals surface area contributed by atoms with Crippen LogP contribution < -0.4 is 5.32 Å². The van der Waals surface area contributed by atoms with Gasteiger partial charge in [0.2, 0.25) is 3.79 Å². The maximum Gasteiger partial charge on any atom is 0.217 e. The molecule has 66 valence electrons. The Bertz CT molecular complexity index is 132. The van der Waals surface area contributed by atoms with Crippen molar-refractivity contribution in [1.82, 2.24) is 5.32 Å². The zero-order valence-corrected chi connectivity index (χ0v) is 8.12. The SMILES string of the molecule is OC(CNC1CC1)C(Cl)(Cl)Cl. The summed E-state index contributed by atoms with van der Waals surface area (Å²) in [5, 5.41) is 12.3. The van der Waals surface area contributed by atoms with Crippen LogP contribution in [0.1, 0.15) is 12.8 Å². The lowest BCUT2D eigenvalue weighted by Gasteiger charge is -2.18. The van der Waals surface area contributed by atoms with E-state index in [1.165, 1.54) is 0 Å². The van der Waals surface area contributed by atoms with E-state index in [2.05, 4.69) is 5.32 Å². The predicted molar refractivity (Wildman–Crippen MR) is 47.3 cm³/mol. The Morgan fingerprint density at radius 2 is 2.00 bits per heavy atom. The second-order valence-corrected chi connectivity index (χ2v) is 5.11. The molecule has 1 aliphatic rings. The number of alkyl halides is 3. The van der Waals surface area contributed by atoms with Gasteiger partial charge in [-0.15, -0.1) is 0 Å². The Kier molecular flexibility index (Phi) is 3.29. The molecule has 1 fully saturated rings. The molecule has 0 aromatic heterocycles. The first kappa shape index (κ1) is 9.87. The summed E-state index contributed by atoms with van der Waals surface area (Å²) in [5.41, 5.74) is 0. The van der Waals surface area contributed by atoms with E-state index < -0.39 is 9.90 Å². The van der Waals surface area contributed by atoms with E-state index in [0.29, 0.717) is 12.6 Å². The van der Waals surface area contributed by atoms with Crippen LogP contribution in [0.5, 0.6) is 0 Å². The van der Waals surface area contributed by atoms with Crippen molar-refractivity contribution in [1.29, 1.82) is 0 Å². The zero-order chi connectivity index (χ0) is 8.48. The molecule has 0 spiro atoms. The lowest BCUT2D eigenvalue weighted by molar-refractivity contribution is 0.175. The maximum atomic E-state index is 9.20. The average molecular weight is 219 g/mol. The van der Waals surface area contributed by atoms with Crippen molar-refractivity contribution in [3.05, 3.63) is 0 Å². The van der Waals surface area contributed by atoms with Gasteiger partial charge in [-0.3, -0.25) is 0 Å². The van der Waals surface area contributed by atoms with Gasteiger partial charge in [0.25, 0.3) is 0 Å². The highest BCUT2D eigenvalue weighted by molar-refractivity contribution is 6.68. The van der Waals surface area contributed by atoms with Crippen LogP contribution in [0.25, 0.3) is 0 Å². The van der Waals surface area contributed by atoms with Gasteiger partial charge in [0.1, 0.15) is 6.10 Å². The third-order valence-corrected chi connectivity index (χ3v) is 2.31. The molecule has 1 rings (SSSR count). The van der Waals surface area contributed by atoms with E-state index in [9.17, 15) is 5.11 Å². The van der Waals surface area contributed by atoms with Gasteiger partial charge in [0.05, 0.1) is 0 Å². The lowest BCUT2D eigenvalue weighted by atomic mass is 10.4. The minimum absolute atomic E-state index is 0.348. The first-order chi connectivity index (χ1) is 5.00. The molecule has 1 atom stereocenters. The fraction of sp³-hybridized carbons (Fsp3) is 1.00. The Hall–Kier alpha value is 0.790. The molecule has 1 unspecified atom stereocenters. The maximum absolute atomic E-state index is 9.20. The van der Waals surface area contributed by atoms with Gasteiger partial charge in [-0.25, -0.2) is 0 Å². The number of halogens is 3. The monoisotopic (exact) mass is 217 g/mol. The predicted octanol–water partition coefficient (Wildman–Crippen LogP) is 1.47. The van der Waals surface area contributed by atoms with E-state index in [4.69, 9.17) is 34.8 Å². The second kappa shape index (κ2) is 3.67. The van der Waals surface area contributed by atoms with E-state index in [1.54, 1.807) is 0 Å². The van der Waals surface area contributed by atoms with Gasteiger partial charge in [0.15, 0.2) is 0 Å². The molecule has 0 aromatic rings. The fourth-order valence-electron chi connectivity index (χ4n) is 0.681. The number of rotatable bonds is 3. The number of hydrogen-bond acceptors (Lipinski definition) is 2. The molecule has 2 nitrogen and oxygen atoms in total. The lowest BCUT2D eigenvalue weighted by Crippen LogP contribution is -2.37. The first-order valence-corrected chi connectivity index (χ1v) is 4.61. The largest absolute Gasteiger partial charge is 0.387 e. The third-order valence-electron chi connectivity index (χ3n) is 1.56. The van der Waals surface area contributed by atoms with Crippen molar-refractivity contribution in [2.45, 2.75) is 28.8 Å². The van der Waals surface area contributed by atoms with E-state index >= 15 is 0 Å². The van der Waals surface area contributed by atoms with Crippen LogP contribution in [0.3, 0.4) is 0 Å². The van der Waals surface area contributed by atoms with Crippen LogP contribution >= 0.6 is 34.8 Å². The molecule has 0 bridgehead atoms. The van der Waals surface area contributed by atoms with E-state index in [0.717, 1.165) is 12.8 Å². The summed E-state index contributed by atoms with van der Waals surface area (Å²) in [6.45, 7) is 0.348. The Labute approximate surface area is 80.8 Å². The summed E-state index contributed by atoms with van der Waals surface area (Å²) in [4.78, 5) is 0. The molecular formula is C6H10Cl3NO. The van der Waals surface area contributed by atoms with Crippen molar-refractivity contribution in [2.75, 3.05) is 6.54 Å². The summed E-state index contributed by atoms with van der Waals surface area (Å²) < 4.78 is -1.57. The number of hydrogen-bond donors (Lipinski definition) is 2. The van der Waals surface area contributed by atoms with Gasteiger partial charge in [-0.05, 0) is 12.8 Å². The molecule has 0 aromatic carbocycles. The molecule has 0 aliphatic heterocycles. The fourth-order valence-corrected chi connectivity index (χ4v) is 0.913. The highest BCUT2D eigenvalue weighted by Crippen LogP contribution is 2.30. The third kappa shape index (κ3) is 3.81. The summed E-state index contributed by atoms with van der Waals surface area (Å²) in [6, 6.07) is 0.525. The minimum Gasteiger partial charge on any atom is -0.387 e. The summed E-state index contributed by atoms with van der Waals surface area (Å²) in [5.74, 6) is 0. The van der Waals surface area contributed by atoms with Crippen LogP contribution in [-0.2, 0) is 0 Å². The summed E-state index contributed by atoms with van der Waals surface area (Å²) in [7, 11) is 0. The number of aliphatic hydroxyl groups is 1. The molecular weight excluding hydrogens is 208 g/mol. The second-order valence-electron chi connectivity index (χ2n) is 2.74. The highest BCUT2D eigenvalue weighted by Gasteiger charge is 2.32. The molecule has 0 amide bonds. The smallest absolute Gasteiger partial charge is 0.217 e. The van der Waals surface area contributed by atoms with Crippen LogP contribution in [-0.4, -0.2) is 27.6 Å². The molecule has 0 heterocycles. The van der Waals surface area contributed by atoms with Crippen molar-refractivity contribution < 1.29 is 5.11 Å². The Balaban J connectivity index is 2.13. The zero-order valence-electron chi connectivity index (χ0n) is 5.86. The standard InChI is InChI=1S/C6H10Cl3NO/c7-6(8,9)5(11)3-10-4-1-2-4/h4-5,10-11H,1-3H2. The van der Waals surface area contributed by atoms with E-state index in [-0.39, 0.29) is 0 Å². The van der Waals surface area contributed by atoms with E-state index in [1.807, 2.05) is 0 Å². The van der Waals surface area contributed by atoms with Gasteiger partial charge in [0, 0.05) is 12.6 Å². The van der Waals surface area contributed by atoms with Gasteiger partial charge in [-0.1, -0.05) is 34.8 Å². The summed E-state index contributed by atoms with van der Waals surface area (Å²) >= 11 is 16.3. The topological polar surface area (TPSA) is 32.3 Å². The number of aliphatic hydroxyl groups excluding tert-OH is 1. The molecule has 2 N–H and O–H groups in total. The molecule has 0 saturated heterocycles. The van der Waals surface area contributed by atoms with Crippen LogP contribution in [0.4, 0.5) is 0 Å². The van der Waals surface area contributed by atoms with Gasteiger partial charge in [-0.2, -0.15) is 0 Å². The minimum atomic E-state index is -1.57. The summed E-state index contributed by atoms with van der Waals surface area (Å²) in [6.07, 6.45) is 1.40. The van der Waals surface area contributed by atoms with Crippen molar-refractivity contribution in [3.8, 4) is 0 Å². The van der Waals surface area contributed by atoms with Gasteiger partial charge >= 0.3 is 0 Å². The Morgan fingerprint density at radius 1 is 1.45 bits per heavy atom. The Morgan fingerprint density at radius 3 is 2.36 bits per heavy atom. The number of nitrogens with one attached hydrogen (secondary N) is 1. The van der Waals surface area contributed by atoms with Crippen LogP contribution in [0.15, 0.2) is 0 Å². The van der Waals surface area contributed by atoms with Gasteiger partial charge < -0.3 is 10.4 Å². The van der Waals surface area contributed by atoms with Crippen molar-refractivity contribution >= 4 is 34.8 Å². The molecule has 1 saturated carbocycles. The quantitative estimate of drug-likeness (QED) is 0.703. The molecule has 11 heavy (non-hydrogen) atoms. The van der Waals surface area contributed by atoms with Crippen molar-refractivity contribution in [3.63, 3.8) is 0 Å². The van der Waals surface area contributed by atoms with Crippen LogP contribution in [0.2, 0.25) is 0 Å².